The molecular formula is C17H27NO2. The van der Waals surface area contributed by atoms with Crippen LogP contribution in [0.4, 0.5) is 0 Å². The Labute approximate surface area is 122 Å². The van der Waals surface area contributed by atoms with Gasteiger partial charge in [0.1, 0.15) is 18.5 Å². The summed E-state index contributed by atoms with van der Waals surface area (Å²) in [4.78, 5) is 2.37. The molecule has 0 aliphatic carbocycles. The van der Waals surface area contributed by atoms with E-state index in [9.17, 15) is 5.11 Å². The molecule has 1 fully saturated rings. The average Bonchev–Trinajstić information content (AvgIpc) is 2.33. The van der Waals surface area contributed by atoms with Crippen LogP contribution in [0.2, 0.25) is 0 Å². The zero-order valence-corrected chi connectivity index (χ0v) is 13.3. The molecule has 3 heteroatoms. The highest BCUT2D eigenvalue weighted by Crippen LogP contribution is 2.43. The van der Waals surface area contributed by atoms with Gasteiger partial charge in [0, 0.05) is 17.6 Å². The Morgan fingerprint density at radius 1 is 1.20 bits per heavy atom. The first-order chi connectivity index (χ1) is 9.22. The van der Waals surface area contributed by atoms with Gasteiger partial charge in [-0.25, -0.2) is 0 Å². The lowest BCUT2D eigenvalue weighted by Crippen LogP contribution is -2.70. The second-order valence-electron chi connectivity index (χ2n) is 7.14. The molecule has 0 amide bonds. The van der Waals surface area contributed by atoms with E-state index < -0.39 is 6.10 Å². The number of β-amino-alcohol motifs (C(OH)–C–C–N with tert-alkyl or cyclic N) is 1. The molecule has 1 aromatic carbocycles. The average molecular weight is 277 g/mol. The molecule has 0 radical (unpaired) electrons. The highest BCUT2D eigenvalue weighted by atomic mass is 16.5. The molecule has 1 unspecified atom stereocenters. The lowest BCUT2D eigenvalue weighted by molar-refractivity contribution is -0.127. The number of hydrogen-bond donors (Lipinski definition) is 1. The minimum absolute atomic E-state index is 0.174. The van der Waals surface area contributed by atoms with E-state index in [1.54, 1.807) is 0 Å². The second-order valence-corrected chi connectivity index (χ2v) is 7.14. The molecule has 0 bridgehead atoms. The van der Waals surface area contributed by atoms with Gasteiger partial charge in [-0.3, -0.25) is 4.90 Å². The van der Waals surface area contributed by atoms with Crippen LogP contribution in [0.5, 0.6) is 5.75 Å². The number of aryl methyl sites for hydroxylation is 1. The lowest BCUT2D eigenvalue weighted by Gasteiger charge is -2.61. The van der Waals surface area contributed by atoms with E-state index in [0.717, 1.165) is 17.7 Å². The van der Waals surface area contributed by atoms with Crippen molar-refractivity contribution in [2.45, 2.75) is 58.2 Å². The zero-order chi connectivity index (χ0) is 15.0. The Morgan fingerprint density at radius 2 is 1.80 bits per heavy atom. The molecule has 0 spiro atoms. The van der Waals surface area contributed by atoms with Gasteiger partial charge in [0.05, 0.1) is 0 Å². The van der Waals surface area contributed by atoms with E-state index in [4.69, 9.17) is 4.74 Å². The van der Waals surface area contributed by atoms with E-state index in [-0.39, 0.29) is 11.1 Å². The Bertz CT molecular complexity index is 454. The van der Waals surface area contributed by atoms with Crippen molar-refractivity contribution in [2.24, 2.45) is 0 Å². The first-order valence-corrected chi connectivity index (χ1v) is 7.37. The third kappa shape index (κ3) is 3.15. The van der Waals surface area contributed by atoms with Crippen molar-refractivity contribution in [1.29, 1.82) is 0 Å². The maximum atomic E-state index is 10.2. The van der Waals surface area contributed by atoms with Crippen LogP contribution in [0, 0.1) is 6.92 Å². The molecule has 1 aromatic rings. The summed E-state index contributed by atoms with van der Waals surface area (Å²) in [5.41, 5.74) is 1.45. The number of ether oxygens (including phenoxy) is 1. The molecule has 112 valence electrons. The molecule has 2 rings (SSSR count). The zero-order valence-electron chi connectivity index (χ0n) is 13.3. The molecule has 1 aliphatic rings. The van der Waals surface area contributed by atoms with E-state index in [1.807, 2.05) is 31.2 Å². The van der Waals surface area contributed by atoms with Crippen molar-refractivity contribution in [1.82, 2.24) is 4.90 Å². The second kappa shape index (κ2) is 5.38. The van der Waals surface area contributed by atoms with Gasteiger partial charge in [-0.2, -0.15) is 0 Å². The molecular weight excluding hydrogens is 250 g/mol. The summed E-state index contributed by atoms with van der Waals surface area (Å²) in [5.74, 6) is 0.855. The SMILES string of the molecule is Cc1ccccc1OCC(O)CN1C(C)(C)CC1(C)C. The van der Waals surface area contributed by atoms with Crippen LogP contribution >= 0.6 is 0 Å². The Morgan fingerprint density at radius 3 is 2.35 bits per heavy atom. The molecule has 1 N–H and O–H groups in total. The van der Waals surface area contributed by atoms with Gasteiger partial charge in [0.2, 0.25) is 0 Å². The van der Waals surface area contributed by atoms with Crippen molar-refractivity contribution in [3.8, 4) is 5.75 Å². The fourth-order valence-corrected chi connectivity index (χ4v) is 3.64. The van der Waals surface area contributed by atoms with Gasteiger partial charge in [-0.05, 0) is 52.7 Å². The third-order valence-corrected chi connectivity index (χ3v) is 4.24. The normalized spacial score (nSPS) is 22.1. The van der Waals surface area contributed by atoms with Gasteiger partial charge in [-0.1, -0.05) is 18.2 Å². The summed E-state index contributed by atoms with van der Waals surface area (Å²) in [6, 6.07) is 7.91. The highest BCUT2D eigenvalue weighted by molar-refractivity contribution is 5.31. The molecule has 0 saturated carbocycles. The summed E-state index contributed by atoms with van der Waals surface area (Å²) in [5, 5.41) is 10.2. The predicted octanol–water partition coefficient (Wildman–Crippen LogP) is 3.00. The van der Waals surface area contributed by atoms with Crippen molar-refractivity contribution in [2.75, 3.05) is 13.2 Å². The molecule has 1 saturated heterocycles. The minimum Gasteiger partial charge on any atom is -0.491 e. The topological polar surface area (TPSA) is 32.7 Å². The standard InChI is InChI=1S/C17H27NO2/c1-13-8-6-7-9-15(13)20-11-14(19)10-18-16(2,3)12-17(18,4)5/h6-9,14,19H,10-12H2,1-5H3. The fraction of sp³-hybridized carbons (Fsp3) is 0.647. The lowest BCUT2D eigenvalue weighted by atomic mass is 9.72. The van der Waals surface area contributed by atoms with Crippen LogP contribution < -0.4 is 4.74 Å². The maximum Gasteiger partial charge on any atom is 0.122 e. The number of hydrogen-bond acceptors (Lipinski definition) is 3. The van der Waals surface area contributed by atoms with Crippen LogP contribution in [0.1, 0.15) is 39.7 Å². The van der Waals surface area contributed by atoms with Crippen LogP contribution in [0.25, 0.3) is 0 Å². The summed E-state index contributed by atoms with van der Waals surface area (Å²) < 4.78 is 5.73. The first kappa shape index (κ1) is 15.3. The Kier molecular flexibility index (Phi) is 4.12. The van der Waals surface area contributed by atoms with Gasteiger partial charge in [-0.15, -0.1) is 0 Å². The monoisotopic (exact) mass is 277 g/mol. The van der Waals surface area contributed by atoms with Gasteiger partial charge in [0.15, 0.2) is 0 Å². The Hall–Kier alpha value is -1.06. The summed E-state index contributed by atoms with van der Waals surface area (Å²) in [6.07, 6.45) is 0.694. The molecule has 0 aromatic heterocycles. The molecule has 3 nitrogen and oxygen atoms in total. The fourth-order valence-electron chi connectivity index (χ4n) is 3.64. The van der Waals surface area contributed by atoms with E-state index >= 15 is 0 Å². The van der Waals surface area contributed by atoms with Crippen molar-refractivity contribution < 1.29 is 9.84 Å². The number of aliphatic hydroxyl groups excluding tert-OH is 1. The number of nitrogens with zero attached hydrogens (tertiary/aromatic N) is 1. The van der Waals surface area contributed by atoms with Gasteiger partial charge in [0.25, 0.3) is 0 Å². The van der Waals surface area contributed by atoms with Crippen molar-refractivity contribution in [3.63, 3.8) is 0 Å². The van der Waals surface area contributed by atoms with Crippen LogP contribution in [-0.4, -0.2) is 40.3 Å². The minimum atomic E-state index is -0.464. The quantitative estimate of drug-likeness (QED) is 0.898. The van der Waals surface area contributed by atoms with E-state index in [2.05, 4.69) is 32.6 Å². The van der Waals surface area contributed by atoms with E-state index in [1.165, 1.54) is 0 Å². The van der Waals surface area contributed by atoms with Crippen molar-refractivity contribution >= 4 is 0 Å². The highest BCUT2D eigenvalue weighted by Gasteiger charge is 2.50. The molecule has 20 heavy (non-hydrogen) atoms. The van der Waals surface area contributed by atoms with Crippen LogP contribution in [0.3, 0.4) is 0 Å². The number of para-hydroxylation sites is 1. The number of likely N-dealkylation sites (tertiary alicyclic amines) is 1. The number of benzene rings is 1. The van der Waals surface area contributed by atoms with Gasteiger partial charge >= 0.3 is 0 Å². The Balaban J connectivity index is 1.87. The molecule has 1 aliphatic heterocycles. The summed E-state index contributed by atoms with van der Waals surface area (Å²) >= 11 is 0. The summed E-state index contributed by atoms with van der Waals surface area (Å²) in [6.45, 7) is 11.9. The van der Waals surface area contributed by atoms with Crippen LogP contribution in [-0.2, 0) is 0 Å². The third-order valence-electron chi connectivity index (χ3n) is 4.24. The van der Waals surface area contributed by atoms with Gasteiger partial charge < -0.3 is 9.84 Å². The van der Waals surface area contributed by atoms with Crippen molar-refractivity contribution in [3.05, 3.63) is 29.8 Å². The molecule has 1 atom stereocenters. The number of rotatable bonds is 5. The summed E-state index contributed by atoms with van der Waals surface area (Å²) in [7, 11) is 0. The number of aliphatic hydroxyl groups is 1. The maximum absolute atomic E-state index is 10.2. The molecule has 1 heterocycles. The van der Waals surface area contributed by atoms with E-state index in [0.29, 0.717) is 13.2 Å². The first-order valence-electron chi connectivity index (χ1n) is 7.37. The smallest absolute Gasteiger partial charge is 0.122 e. The predicted molar refractivity (Wildman–Crippen MR) is 82.2 cm³/mol. The largest absolute Gasteiger partial charge is 0.491 e. The van der Waals surface area contributed by atoms with Crippen LogP contribution in [0.15, 0.2) is 24.3 Å².